The monoisotopic (exact) mass is 169 g/mol. The second kappa shape index (κ2) is 3.11. The molecule has 3 heteroatoms. The van der Waals surface area contributed by atoms with Crippen LogP contribution in [0.15, 0.2) is 34.9 Å². The summed E-state index contributed by atoms with van der Waals surface area (Å²) in [5, 5.41) is 12.5. The zero-order chi connectivity index (χ0) is 9.10. The van der Waals surface area contributed by atoms with Gasteiger partial charge in [0.25, 0.3) is 0 Å². The lowest BCUT2D eigenvalue weighted by Crippen LogP contribution is -1.82. The van der Waals surface area contributed by atoms with Crippen molar-refractivity contribution in [1.82, 2.24) is 5.16 Å². The normalized spacial score (nSPS) is 9.46. The van der Waals surface area contributed by atoms with Crippen molar-refractivity contribution >= 4 is 0 Å². The fourth-order valence-corrected chi connectivity index (χ4v) is 1.11. The molecule has 13 heavy (non-hydrogen) atoms. The molecule has 0 atom stereocenters. The van der Waals surface area contributed by atoms with Gasteiger partial charge in [0, 0.05) is 11.6 Å². The third kappa shape index (κ3) is 1.30. The van der Waals surface area contributed by atoms with Crippen molar-refractivity contribution in [3.8, 4) is 17.3 Å². The minimum absolute atomic E-state index is 0.588. The van der Waals surface area contributed by atoms with E-state index in [1.54, 1.807) is 12.1 Å². The maximum absolute atomic E-state index is 8.80. The fourth-order valence-electron chi connectivity index (χ4n) is 1.11. The Morgan fingerprint density at radius 1 is 1.38 bits per heavy atom. The standard InChI is InChI=1S/C10H5N2O/c11-7-8-3-1-2-4-9(8)10-5-6-13-12-10/h1-5H. The van der Waals surface area contributed by atoms with E-state index in [0.717, 1.165) is 5.56 Å². The molecule has 2 aromatic rings. The second-order valence-electron chi connectivity index (χ2n) is 2.49. The van der Waals surface area contributed by atoms with Gasteiger partial charge < -0.3 is 4.52 Å². The molecule has 0 aliphatic heterocycles. The van der Waals surface area contributed by atoms with Gasteiger partial charge in [-0.1, -0.05) is 23.4 Å². The number of nitriles is 1. The van der Waals surface area contributed by atoms with E-state index in [1.165, 1.54) is 0 Å². The number of hydrogen-bond acceptors (Lipinski definition) is 3. The molecule has 1 aromatic carbocycles. The van der Waals surface area contributed by atoms with Crippen molar-refractivity contribution in [3.63, 3.8) is 0 Å². The zero-order valence-corrected chi connectivity index (χ0v) is 6.69. The van der Waals surface area contributed by atoms with Crippen molar-refractivity contribution in [2.45, 2.75) is 0 Å². The smallest absolute Gasteiger partial charge is 0.205 e. The molecule has 0 amide bonds. The van der Waals surface area contributed by atoms with Gasteiger partial charge in [0.1, 0.15) is 5.69 Å². The van der Waals surface area contributed by atoms with E-state index in [2.05, 4.69) is 22.0 Å². The highest BCUT2D eigenvalue weighted by Gasteiger charge is 2.05. The van der Waals surface area contributed by atoms with E-state index in [9.17, 15) is 0 Å². The van der Waals surface area contributed by atoms with Gasteiger partial charge in [-0.2, -0.15) is 5.26 Å². The van der Waals surface area contributed by atoms with Gasteiger partial charge in [-0.15, -0.1) is 0 Å². The Balaban J connectivity index is 2.59. The van der Waals surface area contributed by atoms with Gasteiger partial charge in [0.2, 0.25) is 6.26 Å². The van der Waals surface area contributed by atoms with Gasteiger partial charge in [-0.05, 0) is 6.07 Å². The molecular weight excluding hydrogens is 164 g/mol. The molecule has 0 fully saturated rings. The van der Waals surface area contributed by atoms with Gasteiger partial charge in [0.05, 0.1) is 11.6 Å². The Kier molecular flexibility index (Phi) is 1.81. The van der Waals surface area contributed by atoms with E-state index in [4.69, 9.17) is 5.26 Å². The first-order valence-corrected chi connectivity index (χ1v) is 3.74. The molecule has 0 saturated carbocycles. The summed E-state index contributed by atoms with van der Waals surface area (Å²) in [6.07, 6.45) is 2.48. The molecule has 0 aliphatic carbocycles. The van der Waals surface area contributed by atoms with Crippen molar-refractivity contribution in [2.75, 3.05) is 0 Å². The van der Waals surface area contributed by atoms with Crippen LogP contribution in [-0.2, 0) is 0 Å². The van der Waals surface area contributed by atoms with Gasteiger partial charge in [-0.25, -0.2) is 0 Å². The Labute approximate surface area is 75.2 Å². The van der Waals surface area contributed by atoms with Gasteiger partial charge >= 0.3 is 0 Å². The van der Waals surface area contributed by atoms with Crippen LogP contribution in [0.3, 0.4) is 0 Å². The van der Waals surface area contributed by atoms with Crippen LogP contribution in [0.2, 0.25) is 0 Å². The lowest BCUT2D eigenvalue weighted by Gasteiger charge is -1.96. The molecule has 61 valence electrons. The van der Waals surface area contributed by atoms with Crippen molar-refractivity contribution < 1.29 is 4.52 Å². The minimum Gasteiger partial charge on any atom is -0.352 e. The molecule has 0 saturated heterocycles. The lowest BCUT2D eigenvalue weighted by molar-refractivity contribution is 0.415. The Morgan fingerprint density at radius 2 is 2.23 bits per heavy atom. The maximum Gasteiger partial charge on any atom is 0.205 e. The van der Waals surface area contributed by atoms with Gasteiger partial charge in [0.15, 0.2) is 0 Å². The number of aromatic nitrogens is 1. The van der Waals surface area contributed by atoms with Crippen LogP contribution in [-0.4, -0.2) is 5.16 Å². The summed E-state index contributed by atoms with van der Waals surface area (Å²) in [5.74, 6) is 0. The quantitative estimate of drug-likeness (QED) is 0.656. The Morgan fingerprint density at radius 3 is 2.92 bits per heavy atom. The summed E-state index contributed by atoms with van der Waals surface area (Å²) in [6, 6.07) is 10.9. The Bertz CT molecular complexity index is 440. The average molecular weight is 169 g/mol. The summed E-state index contributed by atoms with van der Waals surface area (Å²) < 4.78 is 4.58. The highest BCUT2D eigenvalue weighted by Crippen LogP contribution is 2.20. The lowest BCUT2D eigenvalue weighted by atomic mass is 10.1. The molecule has 0 unspecified atom stereocenters. The van der Waals surface area contributed by atoms with E-state index >= 15 is 0 Å². The van der Waals surface area contributed by atoms with Crippen LogP contribution in [0.4, 0.5) is 0 Å². The molecule has 1 aromatic heterocycles. The summed E-state index contributed by atoms with van der Waals surface area (Å²) in [6.45, 7) is 0. The van der Waals surface area contributed by atoms with Crippen LogP contribution >= 0.6 is 0 Å². The first kappa shape index (κ1) is 7.56. The summed E-state index contributed by atoms with van der Waals surface area (Å²) in [4.78, 5) is 0. The number of hydrogen-bond donors (Lipinski definition) is 0. The van der Waals surface area contributed by atoms with E-state index in [-0.39, 0.29) is 0 Å². The average Bonchev–Trinajstić information content (AvgIpc) is 2.70. The molecule has 0 N–H and O–H groups in total. The van der Waals surface area contributed by atoms with Crippen LogP contribution in [0.1, 0.15) is 5.56 Å². The molecule has 1 heterocycles. The first-order valence-electron chi connectivity index (χ1n) is 3.74. The molecule has 3 nitrogen and oxygen atoms in total. The van der Waals surface area contributed by atoms with E-state index < -0.39 is 0 Å². The van der Waals surface area contributed by atoms with Crippen LogP contribution in [0, 0.1) is 17.6 Å². The fraction of sp³-hybridized carbons (Fsp3) is 0. The number of nitrogens with zero attached hydrogens (tertiary/aromatic N) is 2. The molecule has 0 aliphatic rings. The minimum atomic E-state index is 0.588. The third-order valence-electron chi connectivity index (χ3n) is 1.72. The number of rotatable bonds is 1. The third-order valence-corrected chi connectivity index (χ3v) is 1.72. The molecule has 2 rings (SSSR count). The van der Waals surface area contributed by atoms with E-state index in [1.807, 2.05) is 18.2 Å². The SMILES string of the molecule is N#Cc1ccccc1-c1c[c]on1. The van der Waals surface area contributed by atoms with E-state index in [0.29, 0.717) is 11.3 Å². The highest BCUT2D eigenvalue weighted by atomic mass is 16.5. The summed E-state index contributed by atoms with van der Waals surface area (Å²) in [5.41, 5.74) is 2.00. The van der Waals surface area contributed by atoms with Crippen LogP contribution in [0.5, 0.6) is 0 Å². The van der Waals surface area contributed by atoms with Crippen molar-refractivity contribution in [1.29, 1.82) is 5.26 Å². The van der Waals surface area contributed by atoms with Crippen LogP contribution in [0.25, 0.3) is 11.3 Å². The molecule has 1 radical (unpaired) electrons. The predicted molar refractivity (Wildman–Crippen MR) is 45.5 cm³/mol. The topological polar surface area (TPSA) is 49.8 Å². The molecular formula is C10H5N2O. The number of benzene rings is 1. The van der Waals surface area contributed by atoms with Crippen LogP contribution < -0.4 is 0 Å². The summed E-state index contributed by atoms with van der Waals surface area (Å²) >= 11 is 0. The highest BCUT2D eigenvalue weighted by molar-refractivity contribution is 5.66. The molecule has 0 spiro atoms. The van der Waals surface area contributed by atoms with Crippen molar-refractivity contribution in [3.05, 3.63) is 42.2 Å². The Hall–Kier alpha value is -2.08. The van der Waals surface area contributed by atoms with Gasteiger partial charge in [-0.3, -0.25) is 0 Å². The predicted octanol–water partition coefficient (Wildman–Crippen LogP) is 2.01. The zero-order valence-electron chi connectivity index (χ0n) is 6.69. The maximum atomic E-state index is 8.80. The second-order valence-corrected chi connectivity index (χ2v) is 2.49. The molecule has 0 bridgehead atoms. The largest absolute Gasteiger partial charge is 0.352 e. The van der Waals surface area contributed by atoms with Crippen molar-refractivity contribution in [2.24, 2.45) is 0 Å². The summed E-state index contributed by atoms with van der Waals surface area (Å²) in [7, 11) is 0. The first-order chi connectivity index (χ1) is 6.42.